The van der Waals surface area contributed by atoms with Crippen LogP contribution in [0.2, 0.25) is 0 Å². The molecule has 0 aliphatic rings. The van der Waals surface area contributed by atoms with Crippen LogP contribution in [0.4, 0.5) is 0 Å². The molecule has 0 bridgehead atoms. The normalized spacial score (nSPS) is 11.7. The van der Waals surface area contributed by atoms with E-state index in [-0.39, 0.29) is 24.0 Å². The van der Waals surface area contributed by atoms with E-state index >= 15 is 0 Å². The maximum absolute atomic E-state index is 5.52. The third-order valence-electron chi connectivity index (χ3n) is 3.60. The fraction of sp³-hybridized carbons (Fsp3) is 0.941. The summed E-state index contributed by atoms with van der Waals surface area (Å²) in [5.74, 6) is 0.826. The number of guanidine groups is 1. The molecule has 0 saturated carbocycles. The molecule has 0 radical (unpaired) electrons. The molecule has 2 N–H and O–H groups in total. The van der Waals surface area contributed by atoms with E-state index in [1.54, 1.807) is 7.05 Å². The van der Waals surface area contributed by atoms with Crippen LogP contribution in [0.15, 0.2) is 4.99 Å². The Hall–Kier alpha value is -0.120. The molecule has 0 spiro atoms. The lowest BCUT2D eigenvalue weighted by molar-refractivity contribution is 0.0487. The predicted molar refractivity (Wildman–Crippen MR) is 114 cm³/mol. The zero-order valence-corrected chi connectivity index (χ0v) is 18.6. The minimum atomic E-state index is 0. The lowest BCUT2D eigenvalue weighted by Gasteiger charge is -2.25. The fourth-order valence-electron chi connectivity index (χ4n) is 2.13. The molecule has 0 aromatic heterocycles. The summed E-state index contributed by atoms with van der Waals surface area (Å²) in [7, 11) is 1.79. The van der Waals surface area contributed by atoms with E-state index in [1.165, 1.54) is 6.42 Å². The second-order valence-corrected chi connectivity index (χ2v) is 5.73. The van der Waals surface area contributed by atoms with Gasteiger partial charge in [0, 0.05) is 39.3 Å². The molecule has 0 aliphatic carbocycles. The highest BCUT2D eigenvalue weighted by molar-refractivity contribution is 14.0. The summed E-state index contributed by atoms with van der Waals surface area (Å²) in [4.78, 5) is 6.64. The van der Waals surface area contributed by atoms with Crippen LogP contribution in [0.5, 0.6) is 0 Å². The molecule has 0 unspecified atom stereocenters. The summed E-state index contributed by atoms with van der Waals surface area (Å²) in [5, 5.41) is 6.59. The Balaban J connectivity index is 0. The van der Waals surface area contributed by atoms with Crippen molar-refractivity contribution < 1.29 is 9.47 Å². The Morgan fingerprint density at radius 3 is 2.17 bits per heavy atom. The Kier molecular flexibility index (Phi) is 20.9. The number of likely N-dealkylation sites (N-methyl/N-ethyl adjacent to an activating group) is 1. The molecule has 0 heterocycles. The molecule has 0 rings (SSSR count). The lowest BCUT2D eigenvalue weighted by atomic mass is 10.3. The van der Waals surface area contributed by atoms with Crippen molar-refractivity contribution in [3.63, 3.8) is 0 Å². The SMILES string of the molecule is CCCCOCCOCCNC(=NC)NCCN(CC)C(C)C.I. The largest absolute Gasteiger partial charge is 0.379 e. The van der Waals surface area contributed by atoms with Crippen molar-refractivity contribution in [1.29, 1.82) is 0 Å². The van der Waals surface area contributed by atoms with Gasteiger partial charge in [0.15, 0.2) is 5.96 Å². The van der Waals surface area contributed by atoms with Crippen molar-refractivity contribution in [2.45, 2.75) is 46.6 Å². The number of nitrogens with zero attached hydrogens (tertiary/aromatic N) is 2. The molecule has 0 aliphatic heterocycles. The maximum atomic E-state index is 5.52. The number of hydrogen-bond donors (Lipinski definition) is 2. The van der Waals surface area contributed by atoms with Gasteiger partial charge in [0.05, 0.1) is 19.8 Å². The number of nitrogens with one attached hydrogen (secondary N) is 2. The molecular formula is C17H39IN4O2. The molecule has 0 saturated heterocycles. The molecular weight excluding hydrogens is 419 g/mol. The molecule has 24 heavy (non-hydrogen) atoms. The minimum Gasteiger partial charge on any atom is -0.379 e. The van der Waals surface area contributed by atoms with E-state index < -0.39 is 0 Å². The van der Waals surface area contributed by atoms with Crippen LogP contribution in [-0.4, -0.2) is 76.6 Å². The van der Waals surface area contributed by atoms with Gasteiger partial charge in [-0.3, -0.25) is 9.89 Å². The first-order valence-corrected chi connectivity index (χ1v) is 8.99. The van der Waals surface area contributed by atoms with Crippen LogP contribution >= 0.6 is 24.0 Å². The third-order valence-corrected chi connectivity index (χ3v) is 3.60. The molecule has 146 valence electrons. The van der Waals surface area contributed by atoms with Crippen molar-refractivity contribution in [2.24, 2.45) is 4.99 Å². The van der Waals surface area contributed by atoms with Gasteiger partial charge in [0.2, 0.25) is 0 Å². The summed E-state index contributed by atoms with van der Waals surface area (Å²) in [5.41, 5.74) is 0. The Morgan fingerprint density at radius 2 is 1.62 bits per heavy atom. The zero-order chi connectivity index (χ0) is 17.3. The van der Waals surface area contributed by atoms with Gasteiger partial charge in [-0.05, 0) is 26.8 Å². The van der Waals surface area contributed by atoms with E-state index in [9.17, 15) is 0 Å². The maximum Gasteiger partial charge on any atom is 0.191 e. The van der Waals surface area contributed by atoms with Crippen LogP contribution < -0.4 is 10.6 Å². The molecule has 0 fully saturated rings. The molecule has 0 aromatic carbocycles. The van der Waals surface area contributed by atoms with E-state index in [1.807, 2.05) is 0 Å². The number of unbranched alkanes of at least 4 members (excludes halogenated alkanes) is 1. The van der Waals surface area contributed by atoms with Crippen LogP contribution in [0, 0.1) is 0 Å². The minimum absolute atomic E-state index is 0. The number of halogens is 1. The monoisotopic (exact) mass is 458 g/mol. The molecule has 0 atom stereocenters. The average molecular weight is 458 g/mol. The van der Waals surface area contributed by atoms with Gasteiger partial charge >= 0.3 is 0 Å². The summed E-state index contributed by atoms with van der Waals surface area (Å²) in [6.45, 7) is 15.3. The van der Waals surface area contributed by atoms with Crippen molar-refractivity contribution >= 4 is 29.9 Å². The van der Waals surface area contributed by atoms with Gasteiger partial charge in [-0.25, -0.2) is 0 Å². The molecule has 6 nitrogen and oxygen atoms in total. The topological polar surface area (TPSA) is 58.1 Å². The van der Waals surface area contributed by atoms with Crippen LogP contribution in [-0.2, 0) is 9.47 Å². The first-order chi connectivity index (χ1) is 11.2. The summed E-state index contributed by atoms with van der Waals surface area (Å²) in [6, 6.07) is 0.574. The molecule has 7 heteroatoms. The highest BCUT2D eigenvalue weighted by atomic mass is 127. The van der Waals surface area contributed by atoms with Crippen molar-refractivity contribution in [1.82, 2.24) is 15.5 Å². The van der Waals surface area contributed by atoms with E-state index in [0.29, 0.717) is 25.9 Å². The average Bonchev–Trinajstić information content (AvgIpc) is 2.54. The fourth-order valence-corrected chi connectivity index (χ4v) is 2.13. The smallest absolute Gasteiger partial charge is 0.191 e. The van der Waals surface area contributed by atoms with Crippen molar-refractivity contribution in [3.05, 3.63) is 0 Å². The van der Waals surface area contributed by atoms with E-state index in [4.69, 9.17) is 9.47 Å². The van der Waals surface area contributed by atoms with Gasteiger partial charge < -0.3 is 20.1 Å². The van der Waals surface area contributed by atoms with Gasteiger partial charge in [-0.1, -0.05) is 20.3 Å². The van der Waals surface area contributed by atoms with Crippen LogP contribution in [0.3, 0.4) is 0 Å². The first-order valence-electron chi connectivity index (χ1n) is 8.99. The summed E-state index contributed by atoms with van der Waals surface area (Å²) < 4.78 is 11.0. The van der Waals surface area contributed by atoms with Crippen molar-refractivity contribution in [3.8, 4) is 0 Å². The standard InChI is InChI=1S/C17H38N4O2.HI/c1-6-8-12-22-14-15-23-13-10-20-17(18-5)19-9-11-21(7-2)16(3)4;/h16H,6-15H2,1-5H3,(H2,18,19,20);1H. The Morgan fingerprint density at radius 1 is 1.00 bits per heavy atom. The van der Waals surface area contributed by atoms with Crippen molar-refractivity contribution in [2.75, 3.05) is 59.7 Å². The Bertz CT molecular complexity index is 292. The highest BCUT2D eigenvalue weighted by Crippen LogP contribution is 1.95. The molecule has 0 amide bonds. The van der Waals surface area contributed by atoms with Gasteiger partial charge in [-0.15, -0.1) is 24.0 Å². The zero-order valence-electron chi connectivity index (χ0n) is 16.3. The first kappa shape index (κ1) is 26.1. The number of aliphatic imine (C=N–C) groups is 1. The predicted octanol–water partition coefficient (Wildman–Crippen LogP) is 2.33. The number of hydrogen-bond acceptors (Lipinski definition) is 4. The Labute approximate surface area is 166 Å². The highest BCUT2D eigenvalue weighted by Gasteiger charge is 2.06. The molecule has 0 aromatic rings. The van der Waals surface area contributed by atoms with Crippen LogP contribution in [0.25, 0.3) is 0 Å². The van der Waals surface area contributed by atoms with E-state index in [2.05, 4.69) is 48.2 Å². The summed E-state index contributed by atoms with van der Waals surface area (Å²) >= 11 is 0. The second kappa shape index (κ2) is 19.2. The van der Waals surface area contributed by atoms with E-state index in [0.717, 1.165) is 45.2 Å². The number of ether oxygens (including phenoxy) is 2. The lowest BCUT2D eigenvalue weighted by Crippen LogP contribution is -2.43. The van der Waals surface area contributed by atoms with Gasteiger partial charge in [0.1, 0.15) is 0 Å². The number of rotatable bonds is 14. The quantitative estimate of drug-likeness (QED) is 0.181. The summed E-state index contributed by atoms with van der Waals surface area (Å²) in [6.07, 6.45) is 2.29. The van der Waals surface area contributed by atoms with Crippen LogP contribution in [0.1, 0.15) is 40.5 Å². The second-order valence-electron chi connectivity index (χ2n) is 5.73. The van der Waals surface area contributed by atoms with Gasteiger partial charge in [0.25, 0.3) is 0 Å². The third kappa shape index (κ3) is 15.4. The van der Waals surface area contributed by atoms with Gasteiger partial charge in [-0.2, -0.15) is 0 Å².